The Labute approximate surface area is 128 Å². The van der Waals surface area contributed by atoms with Gasteiger partial charge in [0.2, 0.25) is 0 Å². The summed E-state index contributed by atoms with van der Waals surface area (Å²) in [7, 11) is 0. The molecule has 1 aromatic heterocycles. The molecule has 0 saturated carbocycles. The van der Waals surface area contributed by atoms with Crippen molar-refractivity contribution in [1.82, 2.24) is 4.98 Å². The monoisotopic (exact) mass is 323 g/mol. The Morgan fingerprint density at radius 2 is 2.24 bits per heavy atom. The third-order valence-electron chi connectivity index (χ3n) is 3.22. The molecule has 3 rings (SSSR count). The number of benzene rings is 1. The van der Waals surface area contributed by atoms with Crippen LogP contribution in [-0.4, -0.2) is 15.8 Å². The molecule has 0 saturated heterocycles. The number of aryl methyl sites for hydroxylation is 2. The van der Waals surface area contributed by atoms with Gasteiger partial charge in [0.1, 0.15) is 0 Å². The van der Waals surface area contributed by atoms with E-state index in [1.807, 2.05) is 0 Å². The molecule has 1 amide bonds. The van der Waals surface area contributed by atoms with E-state index in [2.05, 4.69) is 10.3 Å². The number of carbonyl (C=O) groups excluding carboxylic acids is 1. The van der Waals surface area contributed by atoms with Gasteiger partial charge >= 0.3 is 0 Å². The average Bonchev–Trinajstić information content (AvgIpc) is 2.99. The maximum Gasteiger partial charge on any atom is 0.270 e. The Bertz CT molecular complexity index is 723. The number of nitrogens with zero attached hydrogens (tertiary/aromatic N) is 2. The van der Waals surface area contributed by atoms with Crippen molar-refractivity contribution in [3.8, 4) is 0 Å². The summed E-state index contributed by atoms with van der Waals surface area (Å²) < 4.78 is 0. The zero-order valence-electron chi connectivity index (χ0n) is 10.8. The fraction of sp³-hybridized carbons (Fsp3) is 0.231. The molecule has 0 atom stereocenters. The summed E-state index contributed by atoms with van der Waals surface area (Å²) in [6.45, 7) is 0. The highest BCUT2D eigenvalue weighted by Crippen LogP contribution is 2.31. The van der Waals surface area contributed by atoms with Crippen LogP contribution in [-0.2, 0) is 12.8 Å². The van der Waals surface area contributed by atoms with Crippen LogP contribution in [0, 0.1) is 10.1 Å². The molecule has 0 aliphatic heterocycles. The van der Waals surface area contributed by atoms with E-state index in [0.29, 0.717) is 5.13 Å². The summed E-state index contributed by atoms with van der Waals surface area (Å²) in [5.41, 5.74) is 1.09. The minimum atomic E-state index is -0.557. The number of hydrogen-bond donors (Lipinski definition) is 1. The van der Waals surface area contributed by atoms with Crippen LogP contribution in [0.3, 0.4) is 0 Å². The minimum absolute atomic E-state index is 0.0470. The van der Waals surface area contributed by atoms with Crippen LogP contribution in [0.2, 0.25) is 5.02 Å². The van der Waals surface area contributed by atoms with E-state index < -0.39 is 10.8 Å². The third-order valence-corrected chi connectivity index (χ3v) is 4.61. The van der Waals surface area contributed by atoms with Gasteiger partial charge in [0.05, 0.1) is 21.2 Å². The normalized spacial score (nSPS) is 13.0. The number of rotatable bonds is 3. The molecular weight excluding hydrogens is 314 g/mol. The van der Waals surface area contributed by atoms with Crippen LogP contribution in [0.15, 0.2) is 18.2 Å². The second-order valence-corrected chi connectivity index (χ2v) is 6.11. The van der Waals surface area contributed by atoms with Crippen LogP contribution in [0.1, 0.15) is 27.3 Å². The van der Waals surface area contributed by atoms with Crippen LogP contribution in [0.5, 0.6) is 0 Å². The Balaban J connectivity index is 1.80. The lowest BCUT2D eigenvalue weighted by molar-refractivity contribution is -0.384. The zero-order valence-corrected chi connectivity index (χ0v) is 12.3. The maximum absolute atomic E-state index is 12.1. The number of nitro benzene ring substituents is 1. The second kappa shape index (κ2) is 5.42. The van der Waals surface area contributed by atoms with E-state index in [0.717, 1.165) is 31.0 Å². The molecule has 6 nitrogen and oxygen atoms in total. The van der Waals surface area contributed by atoms with E-state index in [-0.39, 0.29) is 16.3 Å². The van der Waals surface area contributed by atoms with E-state index in [1.54, 1.807) is 0 Å². The third kappa shape index (κ3) is 2.74. The summed E-state index contributed by atoms with van der Waals surface area (Å²) in [4.78, 5) is 27.8. The van der Waals surface area contributed by atoms with Gasteiger partial charge in [-0.1, -0.05) is 11.6 Å². The SMILES string of the molecule is O=C(Nc1nc2c(s1)CCC2)c1ccc([N+](=O)[O-])cc1Cl. The van der Waals surface area contributed by atoms with Gasteiger partial charge in [-0.3, -0.25) is 20.2 Å². The second-order valence-electron chi connectivity index (χ2n) is 4.62. The Morgan fingerprint density at radius 1 is 1.43 bits per heavy atom. The first-order valence-electron chi connectivity index (χ1n) is 6.28. The molecule has 1 N–H and O–H groups in total. The highest BCUT2D eigenvalue weighted by atomic mass is 35.5. The average molecular weight is 324 g/mol. The Kier molecular flexibility index (Phi) is 3.60. The number of hydrogen-bond acceptors (Lipinski definition) is 5. The number of nitro groups is 1. The van der Waals surface area contributed by atoms with E-state index in [9.17, 15) is 14.9 Å². The lowest BCUT2D eigenvalue weighted by Crippen LogP contribution is -2.12. The van der Waals surface area contributed by atoms with Crippen LogP contribution in [0.4, 0.5) is 10.8 Å². The topological polar surface area (TPSA) is 85.1 Å². The van der Waals surface area contributed by atoms with Crippen molar-refractivity contribution in [3.63, 3.8) is 0 Å². The molecule has 2 aromatic rings. The first-order chi connectivity index (χ1) is 10.0. The van der Waals surface area contributed by atoms with Crippen molar-refractivity contribution in [3.05, 3.63) is 49.5 Å². The van der Waals surface area contributed by atoms with Crippen molar-refractivity contribution < 1.29 is 9.72 Å². The van der Waals surface area contributed by atoms with Gasteiger partial charge in [0, 0.05) is 17.0 Å². The molecule has 0 radical (unpaired) electrons. The van der Waals surface area contributed by atoms with Gasteiger partial charge in [0.15, 0.2) is 5.13 Å². The number of halogens is 1. The highest BCUT2D eigenvalue weighted by Gasteiger charge is 2.20. The fourth-order valence-corrected chi connectivity index (χ4v) is 3.52. The molecule has 0 fully saturated rings. The lowest BCUT2D eigenvalue weighted by atomic mass is 10.2. The van der Waals surface area contributed by atoms with Crippen molar-refractivity contribution in [2.45, 2.75) is 19.3 Å². The number of anilines is 1. The largest absolute Gasteiger partial charge is 0.298 e. The first kappa shape index (κ1) is 14.0. The summed E-state index contributed by atoms with van der Waals surface area (Å²) in [5, 5.41) is 13.9. The molecular formula is C13H10ClN3O3S. The molecule has 0 unspecified atom stereocenters. The fourth-order valence-electron chi connectivity index (χ4n) is 2.21. The van der Waals surface area contributed by atoms with Gasteiger partial charge in [-0.25, -0.2) is 4.98 Å². The molecule has 1 heterocycles. The quantitative estimate of drug-likeness (QED) is 0.692. The number of non-ortho nitro benzene ring substituents is 1. The number of fused-ring (bicyclic) bond motifs is 1. The lowest BCUT2D eigenvalue weighted by Gasteiger charge is -2.04. The van der Waals surface area contributed by atoms with Gasteiger partial charge in [-0.15, -0.1) is 11.3 Å². The summed E-state index contributed by atoms with van der Waals surface area (Å²) in [5.74, 6) is -0.415. The van der Waals surface area contributed by atoms with Crippen molar-refractivity contribution in [2.75, 3.05) is 5.32 Å². The van der Waals surface area contributed by atoms with Gasteiger partial charge in [-0.2, -0.15) is 0 Å². The number of amides is 1. The van der Waals surface area contributed by atoms with Crippen LogP contribution >= 0.6 is 22.9 Å². The Morgan fingerprint density at radius 3 is 2.90 bits per heavy atom. The predicted octanol–water partition coefficient (Wildman–Crippen LogP) is 3.45. The predicted molar refractivity (Wildman–Crippen MR) is 80.2 cm³/mol. The van der Waals surface area contributed by atoms with E-state index >= 15 is 0 Å². The van der Waals surface area contributed by atoms with Crippen LogP contribution < -0.4 is 5.32 Å². The van der Waals surface area contributed by atoms with Gasteiger partial charge in [-0.05, 0) is 25.3 Å². The molecule has 8 heteroatoms. The van der Waals surface area contributed by atoms with Gasteiger partial charge < -0.3 is 0 Å². The number of carbonyl (C=O) groups is 1. The zero-order chi connectivity index (χ0) is 15.0. The van der Waals surface area contributed by atoms with Crippen molar-refractivity contribution in [2.24, 2.45) is 0 Å². The highest BCUT2D eigenvalue weighted by molar-refractivity contribution is 7.16. The number of aromatic nitrogens is 1. The van der Waals surface area contributed by atoms with E-state index in [1.165, 1.54) is 28.3 Å². The molecule has 0 spiro atoms. The molecule has 1 aliphatic rings. The minimum Gasteiger partial charge on any atom is -0.298 e. The molecule has 108 valence electrons. The smallest absolute Gasteiger partial charge is 0.270 e. The number of nitrogens with one attached hydrogen (secondary N) is 1. The maximum atomic E-state index is 12.1. The molecule has 1 aliphatic carbocycles. The van der Waals surface area contributed by atoms with Crippen LogP contribution in [0.25, 0.3) is 0 Å². The summed E-state index contributed by atoms with van der Waals surface area (Å²) in [6, 6.07) is 3.76. The Hall–Kier alpha value is -1.99. The molecule has 21 heavy (non-hydrogen) atoms. The van der Waals surface area contributed by atoms with Crippen molar-refractivity contribution in [1.29, 1.82) is 0 Å². The standard InChI is InChI=1S/C13H10ClN3O3S/c14-9-6-7(17(19)20)4-5-8(9)12(18)16-13-15-10-2-1-3-11(10)21-13/h4-6H,1-3H2,(H,15,16,18). The molecule has 0 bridgehead atoms. The van der Waals surface area contributed by atoms with Crippen molar-refractivity contribution >= 4 is 39.7 Å². The first-order valence-corrected chi connectivity index (χ1v) is 7.48. The number of thiazole rings is 1. The van der Waals surface area contributed by atoms with E-state index in [4.69, 9.17) is 11.6 Å². The summed E-state index contributed by atoms with van der Waals surface area (Å²) >= 11 is 7.39. The molecule has 1 aromatic carbocycles. The van der Waals surface area contributed by atoms with Gasteiger partial charge in [0.25, 0.3) is 11.6 Å². The summed E-state index contributed by atoms with van der Waals surface area (Å²) in [6.07, 6.45) is 3.05.